The molecule has 0 radical (unpaired) electrons. The van der Waals surface area contributed by atoms with Crippen molar-refractivity contribution in [3.8, 4) is 5.75 Å². The second-order valence-electron chi connectivity index (χ2n) is 5.40. The lowest BCUT2D eigenvalue weighted by atomic mass is 10.1. The number of carboxylic acid groups (broad SMARTS) is 1. The van der Waals surface area contributed by atoms with Crippen LogP contribution in [0, 0.1) is 0 Å². The molecule has 6 heteroatoms. The van der Waals surface area contributed by atoms with Crippen LogP contribution in [0.25, 0.3) is 0 Å². The van der Waals surface area contributed by atoms with Gasteiger partial charge in [0.1, 0.15) is 18.4 Å². The van der Waals surface area contributed by atoms with E-state index in [1.165, 1.54) is 18.9 Å². The van der Waals surface area contributed by atoms with Crippen molar-refractivity contribution in [2.24, 2.45) is 0 Å². The number of amides is 1. The van der Waals surface area contributed by atoms with E-state index in [0.717, 1.165) is 19.4 Å². The summed E-state index contributed by atoms with van der Waals surface area (Å²) in [5, 5.41) is 8.98. The van der Waals surface area contributed by atoms with E-state index in [9.17, 15) is 9.59 Å². The van der Waals surface area contributed by atoms with Gasteiger partial charge in [0.2, 0.25) is 0 Å². The monoisotopic (exact) mass is 307 g/mol. The minimum Gasteiger partial charge on any atom is -0.491 e. The molecule has 1 aromatic rings. The highest BCUT2D eigenvalue weighted by molar-refractivity contribution is 5.96. The third-order valence-corrected chi connectivity index (χ3v) is 3.80. The van der Waals surface area contributed by atoms with E-state index in [0.29, 0.717) is 17.9 Å². The van der Waals surface area contributed by atoms with E-state index in [1.807, 2.05) is 0 Å². The molecule has 1 heterocycles. The van der Waals surface area contributed by atoms with Gasteiger partial charge in [-0.3, -0.25) is 4.79 Å². The van der Waals surface area contributed by atoms with Gasteiger partial charge >= 0.3 is 5.97 Å². The van der Waals surface area contributed by atoms with Gasteiger partial charge in [0.05, 0.1) is 6.10 Å². The lowest BCUT2D eigenvalue weighted by Gasteiger charge is -2.21. The predicted molar refractivity (Wildman–Crippen MR) is 80.1 cm³/mol. The summed E-state index contributed by atoms with van der Waals surface area (Å²) >= 11 is 0. The van der Waals surface area contributed by atoms with E-state index in [4.69, 9.17) is 14.6 Å². The maximum Gasteiger partial charge on any atom is 0.326 e. The fraction of sp³-hybridized carbons (Fsp3) is 0.500. The predicted octanol–water partition coefficient (Wildman–Crippen LogP) is 1.79. The van der Waals surface area contributed by atoms with Gasteiger partial charge in [0.25, 0.3) is 5.91 Å². The van der Waals surface area contributed by atoms with Gasteiger partial charge in [-0.05, 0) is 38.0 Å². The molecule has 2 rings (SSSR count). The van der Waals surface area contributed by atoms with Crippen LogP contribution in [0.3, 0.4) is 0 Å². The van der Waals surface area contributed by atoms with Crippen LogP contribution in [0.5, 0.6) is 5.75 Å². The molecule has 2 unspecified atom stereocenters. The van der Waals surface area contributed by atoms with Gasteiger partial charge in [-0.15, -0.1) is 0 Å². The zero-order chi connectivity index (χ0) is 16.1. The smallest absolute Gasteiger partial charge is 0.326 e. The first kappa shape index (κ1) is 16.3. The van der Waals surface area contributed by atoms with Crippen LogP contribution in [0.2, 0.25) is 0 Å². The van der Waals surface area contributed by atoms with Crippen LogP contribution in [0.4, 0.5) is 0 Å². The molecule has 0 spiro atoms. The van der Waals surface area contributed by atoms with E-state index < -0.39 is 12.0 Å². The summed E-state index contributed by atoms with van der Waals surface area (Å²) in [4.78, 5) is 24.4. The molecule has 0 aliphatic carbocycles. The molecule has 1 amide bonds. The largest absolute Gasteiger partial charge is 0.491 e. The molecule has 6 nitrogen and oxygen atoms in total. The SMILES string of the molecule is CC(C(=O)O)N(C)C(=O)c1cccc(OCC2CCCO2)c1. The Bertz CT molecular complexity index is 539. The number of hydrogen-bond acceptors (Lipinski definition) is 4. The third kappa shape index (κ3) is 3.98. The van der Waals surface area contributed by atoms with Gasteiger partial charge in [-0.2, -0.15) is 0 Å². The number of hydrogen-bond donors (Lipinski definition) is 1. The average Bonchev–Trinajstić information content (AvgIpc) is 3.04. The number of rotatable bonds is 6. The first-order valence-electron chi connectivity index (χ1n) is 7.33. The number of ether oxygens (including phenoxy) is 2. The summed E-state index contributed by atoms with van der Waals surface area (Å²) in [7, 11) is 1.47. The van der Waals surface area contributed by atoms with Crippen LogP contribution in [-0.2, 0) is 9.53 Å². The first-order valence-corrected chi connectivity index (χ1v) is 7.33. The average molecular weight is 307 g/mol. The molecule has 120 valence electrons. The van der Waals surface area contributed by atoms with Gasteiger partial charge in [0, 0.05) is 19.2 Å². The Morgan fingerprint density at radius 3 is 2.91 bits per heavy atom. The van der Waals surface area contributed by atoms with Crippen molar-refractivity contribution in [2.75, 3.05) is 20.3 Å². The molecular weight excluding hydrogens is 286 g/mol. The summed E-state index contributed by atoms with van der Waals surface area (Å²) in [6, 6.07) is 5.88. The molecular formula is C16H21NO5. The summed E-state index contributed by atoms with van der Waals surface area (Å²) < 4.78 is 11.1. The summed E-state index contributed by atoms with van der Waals surface area (Å²) in [5.74, 6) is -0.808. The lowest BCUT2D eigenvalue weighted by molar-refractivity contribution is -0.141. The Morgan fingerprint density at radius 1 is 1.50 bits per heavy atom. The minimum atomic E-state index is -1.04. The number of benzene rings is 1. The molecule has 1 fully saturated rings. The van der Waals surface area contributed by atoms with Crippen molar-refractivity contribution in [1.82, 2.24) is 4.90 Å². The molecule has 2 atom stereocenters. The van der Waals surface area contributed by atoms with Gasteiger partial charge in [-0.25, -0.2) is 4.79 Å². The third-order valence-electron chi connectivity index (χ3n) is 3.80. The number of aliphatic carboxylic acids is 1. The van der Waals surface area contributed by atoms with Gasteiger partial charge in [-0.1, -0.05) is 6.07 Å². The first-order chi connectivity index (χ1) is 10.5. The Morgan fingerprint density at radius 2 is 2.27 bits per heavy atom. The standard InChI is InChI=1S/C16H21NO5/c1-11(16(19)20)17(2)15(18)12-5-3-6-13(9-12)22-10-14-7-4-8-21-14/h3,5-6,9,11,14H,4,7-8,10H2,1-2H3,(H,19,20). The zero-order valence-corrected chi connectivity index (χ0v) is 12.8. The van der Waals surface area contributed by atoms with Crippen LogP contribution in [0.1, 0.15) is 30.1 Å². The highest BCUT2D eigenvalue weighted by Gasteiger charge is 2.23. The number of carbonyl (C=O) groups excluding carboxylic acids is 1. The lowest BCUT2D eigenvalue weighted by Crippen LogP contribution is -2.40. The van der Waals surface area contributed by atoms with Crippen LogP contribution >= 0.6 is 0 Å². The highest BCUT2D eigenvalue weighted by Crippen LogP contribution is 2.18. The summed E-state index contributed by atoms with van der Waals surface area (Å²) in [5.41, 5.74) is 0.403. The Kier molecular flexibility index (Phi) is 5.38. The maximum absolute atomic E-state index is 12.3. The van der Waals surface area contributed by atoms with Crippen molar-refractivity contribution in [2.45, 2.75) is 31.9 Å². The Balaban J connectivity index is 2.00. The molecule has 0 saturated carbocycles. The maximum atomic E-state index is 12.3. The van der Waals surface area contributed by atoms with Crippen LogP contribution < -0.4 is 4.74 Å². The van der Waals surface area contributed by atoms with Gasteiger partial charge in [0.15, 0.2) is 0 Å². The van der Waals surface area contributed by atoms with E-state index >= 15 is 0 Å². The molecule has 1 aliphatic heterocycles. The number of carboxylic acids is 1. The highest BCUT2D eigenvalue weighted by atomic mass is 16.5. The topological polar surface area (TPSA) is 76.1 Å². The summed E-state index contributed by atoms with van der Waals surface area (Å²) in [6.45, 7) is 2.70. The molecule has 0 aromatic heterocycles. The molecule has 1 aliphatic rings. The number of likely N-dealkylation sites (N-methyl/N-ethyl adjacent to an activating group) is 1. The van der Waals surface area contributed by atoms with Crippen molar-refractivity contribution >= 4 is 11.9 Å². The van der Waals surface area contributed by atoms with E-state index in [-0.39, 0.29) is 12.0 Å². The molecule has 0 bridgehead atoms. The molecule has 1 saturated heterocycles. The Labute approximate surface area is 129 Å². The fourth-order valence-electron chi connectivity index (χ4n) is 2.23. The van der Waals surface area contributed by atoms with Crippen molar-refractivity contribution in [1.29, 1.82) is 0 Å². The van der Waals surface area contributed by atoms with Crippen molar-refractivity contribution < 1.29 is 24.2 Å². The second kappa shape index (κ2) is 7.26. The van der Waals surface area contributed by atoms with Gasteiger partial charge < -0.3 is 19.5 Å². The normalized spacial score (nSPS) is 18.7. The van der Waals surface area contributed by atoms with E-state index in [1.54, 1.807) is 24.3 Å². The zero-order valence-electron chi connectivity index (χ0n) is 12.8. The number of carbonyl (C=O) groups is 2. The summed E-state index contributed by atoms with van der Waals surface area (Å²) in [6.07, 6.45) is 2.14. The molecule has 1 aromatic carbocycles. The molecule has 1 N–H and O–H groups in total. The van der Waals surface area contributed by atoms with Crippen LogP contribution in [-0.4, -0.2) is 54.3 Å². The fourth-order valence-corrected chi connectivity index (χ4v) is 2.23. The number of nitrogens with zero attached hydrogens (tertiary/aromatic N) is 1. The Hall–Kier alpha value is -2.08. The van der Waals surface area contributed by atoms with Crippen molar-refractivity contribution in [3.63, 3.8) is 0 Å². The minimum absolute atomic E-state index is 0.106. The van der Waals surface area contributed by atoms with Crippen LogP contribution in [0.15, 0.2) is 24.3 Å². The van der Waals surface area contributed by atoms with Crippen molar-refractivity contribution in [3.05, 3.63) is 29.8 Å². The molecule has 22 heavy (non-hydrogen) atoms. The quantitative estimate of drug-likeness (QED) is 0.867. The van der Waals surface area contributed by atoms with E-state index in [2.05, 4.69) is 0 Å². The second-order valence-corrected chi connectivity index (χ2v) is 5.40.